The minimum atomic E-state index is -0.0590. The summed E-state index contributed by atoms with van der Waals surface area (Å²) in [5, 5.41) is 0. The Kier molecular flexibility index (Phi) is 20.0. The van der Waals surface area contributed by atoms with E-state index in [9.17, 15) is 0 Å². The molecule has 25 rings (SSSR count). The molecule has 6 heterocycles. The maximum atomic E-state index is 6.23. The van der Waals surface area contributed by atoms with Gasteiger partial charge >= 0.3 is 0 Å². The van der Waals surface area contributed by atoms with Crippen LogP contribution in [0.25, 0.3) is 44.5 Å². The van der Waals surface area contributed by atoms with Gasteiger partial charge in [-0.25, -0.2) is 0 Å². The smallest absolute Gasteiger partial charge is 0.151 e. The van der Waals surface area contributed by atoms with Crippen LogP contribution in [0, 0.1) is 0 Å². The minimum absolute atomic E-state index is 0.0590. The quantitative estimate of drug-likeness (QED) is 0.132. The first-order chi connectivity index (χ1) is 64.0. The van der Waals surface area contributed by atoms with Crippen molar-refractivity contribution >= 4 is 126 Å². The molecular weight excluding hydrogens is 1620 g/mol. The van der Waals surface area contributed by atoms with Crippen LogP contribution in [-0.2, 0) is 10.8 Å². The average Bonchev–Trinajstić information content (AvgIpc) is 0.726. The molecule has 6 aliphatic rings. The third-order valence-corrected chi connectivity index (χ3v) is 28.1. The maximum Gasteiger partial charge on any atom is 0.151 e. The summed E-state index contributed by atoms with van der Waals surface area (Å²) >= 11 is 3.68. The molecule has 0 saturated heterocycles. The van der Waals surface area contributed by atoms with Gasteiger partial charge in [-0.3, -0.25) is 0 Å². The molecule has 0 fully saturated rings. The van der Waals surface area contributed by atoms with Crippen LogP contribution in [0.1, 0.15) is 49.9 Å². The van der Waals surface area contributed by atoms with Crippen molar-refractivity contribution in [1.82, 2.24) is 0 Å². The fourth-order valence-corrected chi connectivity index (χ4v) is 21.7. The number of nitrogens with zero attached hydrogens (tertiary/aromatic N) is 6. The third-order valence-electron chi connectivity index (χ3n) is 25.9. The fraction of sp³-hybridized carbons (Fsp3) is 0.0500. The van der Waals surface area contributed by atoms with Gasteiger partial charge in [0, 0.05) is 64.5 Å². The van der Waals surface area contributed by atoms with Gasteiger partial charge in [0.25, 0.3) is 0 Å². The maximum absolute atomic E-state index is 6.23. The minimum Gasteiger partial charge on any atom is -0.453 e. The molecule has 19 aromatic rings. The van der Waals surface area contributed by atoms with Crippen LogP contribution >= 0.6 is 23.5 Å². The topological polar surface area (TPSA) is 37.9 Å². The highest BCUT2D eigenvalue weighted by Gasteiger charge is 2.40. The van der Waals surface area contributed by atoms with Crippen LogP contribution in [-0.4, -0.2) is 0 Å². The molecule has 0 spiro atoms. The summed E-state index contributed by atoms with van der Waals surface area (Å²) < 4.78 is 12.5. The number of benzene rings is 19. The van der Waals surface area contributed by atoms with Crippen molar-refractivity contribution in [2.24, 2.45) is 0 Å². The predicted octanol–water partition coefficient (Wildman–Crippen LogP) is 35.0. The molecule has 10 heteroatoms. The van der Waals surface area contributed by atoms with Gasteiger partial charge < -0.3 is 38.9 Å². The van der Waals surface area contributed by atoms with Crippen LogP contribution < -0.4 is 38.9 Å². The van der Waals surface area contributed by atoms with Crippen LogP contribution in [0.5, 0.6) is 23.0 Å². The van der Waals surface area contributed by atoms with Crippen LogP contribution in [0.15, 0.2) is 481 Å². The van der Waals surface area contributed by atoms with E-state index in [1.807, 2.05) is 72.1 Å². The molecular formula is C120H88N6O2S2. The van der Waals surface area contributed by atoms with E-state index in [4.69, 9.17) is 9.47 Å². The molecule has 130 heavy (non-hydrogen) atoms. The molecule has 8 nitrogen and oxygen atoms in total. The summed E-state index contributed by atoms with van der Waals surface area (Å²) in [5.41, 5.74) is 35.4. The van der Waals surface area contributed by atoms with Gasteiger partial charge in [-0.2, -0.15) is 0 Å². The lowest BCUT2D eigenvalue weighted by Crippen LogP contribution is -2.30. The van der Waals surface area contributed by atoms with E-state index >= 15 is 0 Å². The molecule has 0 N–H and O–H groups in total. The molecule has 0 radical (unpaired) electrons. The number of rotatable bonds is 10. The normalized spacial score (nSPS) is 13.8. The van der Waals surface area contributed by atoms with Crippen molar-refractivity contribution in [2.45, 2.75) is 58.1 Å². The van der Waals surface area contributed by atoms with E-state index in [1.165, 1.54) is 132 Å². The van der Waals surface area contributed by atoms with Crippen molar-refractivity contribution in [3.63, 3.8) is 0 Å². The Hall–Kier alpha value is -15.7. The van der Waals surface area contributed by atoms with Gasteiger partial charge in [-0.05, 0) is 255 Å². The Balaban J connectivity index is 0.000000111. The SMILES string of the molecule is CC1(C)c2ccccc2N(c2ccc(-c3ccc(N4c5ccccc5C(C)(C)c5ccccc54)cc3)cc2)c2ccccc21.c1cc(-c2cccc(N3c4ccccc4Oc4ccccc43)c2)cc(N2c3ccccc3Oc3ccccc32)c1.c1ccc(-c2ccc(-c3cc(N4c5ccccc5Sc5ccccc54)cc(N4c5ccccc5Sc5ccccc54)c3)cc2)cc1. The van der Waals surface area contributed by atoms with Crippen LogP contribution in [0.3, 0.4) is 0 Å². The molecule has 6 aliphatic heterocycles. The van der Waals surface area contributed by atoms with E-state index in [0.717, 1.165) is 79.6 Å². The zero-order chi connectivity index (χ0) is 87.0. The Bertz CT molecular complexity index is 6880. The Morgan fingerprint density at radius 3 is 0.708 bits per heavy atom. The molecule has 19 aromatic carbocycles. The number of hydrogen-bond acceptors (Lipinski definition) is 10. The van der Waals surface area contributed by atoms with Crippen molar-refractivity contribution in [2.75, 3.05) is 29.4 Å². The lowest BCUT2D eigenvalue weighted by atomic mass is 9.73. The summed E-state index contributed by atoms with van der Waals surface area (Å²) in [4.78, 5) is 19.3. The first kappa shape index (κ1) is 79.0. The highest BCUT2D eigenvalue weighted by molar-refractivity contribution is 8.00. The van der Waals surface area contributed by atoms with E-state index in [0.29, 0.717) is 0 Å². The van der Waals surface area contributed by atoms with Crippen molar-refractivity contribution in [3.05, 3.63) is 483 Å². The zero-order valence-corrected chi connectivity index (χ0v) is 73.8. The van der Waals surface area contributed by atoms with Gasteiger partial charge in [0.15, 0.2) is 23.0 Å². The van der Waals surface area contributed by atoms with E-state index in [1.54, 1.807) is 0 Å². The number of para-hydroxylation sites is 16. The predicted molar refractivity (Wildman–Crippen MR) is 542 cm³/mol. The lowest BCUT2D eigenvalue weighted by molar-refractivity contribution is 0.476. The molecule has 0 unspecified atom stereocenters. The summed E-state index contributed by atoms with van der Waals surface area (Å²) in [6.07, 6.45) is 0. The second-order valence-corrected chi connectivity index (χ2v) is 36.5. The van der Waals surface area contributed by atoms with Gasteiger partial charge in [0.2, 0.25) is 0 Å². The highest BCUT2D eigenvalue weighted by atomic mass is 32.2. The van der Waals surface area contributed by atoms with Gasteiger partial charge in [0.05, 0.1) is 68.2 Å². The van der Waals surface area contributed by atoms with Crippen molar-refractivity contribution < 1.29 is 9.47 Å². The molecule has 0 amide bonds. The largest absolute Gasteiger partial charge is 0.453 e. The second kappa shape index (κ2) is 32.9. The van der Waals surface area contributed by atoms with E-state index in [-0.39, 0.29) is 10.8 Å². The molecule has 0 atom stereocenters. The standard InChI is InChI=1S/C42H28N2S2.C42H36N2.C36H24N2O2/c1-2-12-29(13-3-1)30-22-24-31(25-23-30)32-26-33(43-35-14-4-8-18-39(35)45-40-19-9-5-15-36(40)43)28-34(27-32)44-37-16-6-10-20-41(37)46-42-21-11-7-17-38(42)44;1-41(2)33-13-5-9-17-37(33)43(38-18-10-6-14-34(38)41)31-25-21-29(22-26-31)30-23-27-32(28-24-30)44-39-19-11-7-15-35(39)42(3,4)36-16-8-12-20-40(36)44;1-5-19-33-29(15-1)37(30-16-2-6-20-34(30)39-33)27-13-9-11-25(23-27)26-12-10-14-28(24-26)38-31-17-3-7-21-35(31)40-36-22-8-4-18-32(36)38/h1-28H;5-28H,1-4H3;1-24H. The number of anilines is 18. The number of ether oxygens (including phenoxy) is 2. The molecule has 622 valence electrons. The van der Waals surface area contributed by atoms with Crippen LogP contribution in [0.2, 0.25) is 0 Å². The highest BCUT2D eigenvalue weighted by Crippen LogP contribution is 2.60. The summed E-state index contributed by atoms with van der Waals surface area (Å²) in [6.45, 7) is 9.32. The summed E-state index contributed by atoms with van der Waals surface area (Å²) in [6, 6.07) is 165. The van der Waals surface area contributed by atoms with Gasteiger partial charge in [-0.15, -0.1) is 0 Å². The Morgan fingerprint density at radius 2 is 0.385 bits per heavy atom. The Labute approximate surface area is 768 Å². The van der Waals surface area contributed by atoms with Crippen molar-refractivity contribution in [3.8, 4) is 67.5 Å². The van der Waals surface area contributed by atoms with Gasteiger partial charge in [0.1, 0.15) is 0 Å². The van der Waals surface area contributed by atoms with Crippen LogP contribution in [0.4, 0.5) is 102 Å². The average molecular weight is 1710 g/mol. The fourth-order valence-electron chi connectivity index (χ4n) is 19.6. The molecule has 0 aliphatic carbocycles. The number of hydrogen-bond donors (Lipinski definition) is 0. The zero-order valence-electron chi connectivity index (χ0n) is 72.2. The van der Waals surface area contributed by atoms with Crippen molar-refractivity contribution in [1.29, 1.82) is 0 Å². The summed E-state index contributed by atoms with van der Waals surface area (Å²) in [7, 11) is 0. The van der Waals surface area contributed by atoms with E-state index in [2.05, 4.69) is 470 Å². The lowest BCUT2D eigenvalue weighted by Gasteiger charge is -2.42. The third kappa shape index (κ3) is 14.1. The Morgan fingerprint density at radius 1 is 0.162 bits per heavy atom. The van der Waals surface area contributed by atoms with Gasteiger partial charge in [-0.1, -0.05) is 324 Å². The first-order valence-corrected chi connectivity index (χ1v) is 46.0. The molecule has 0 aromatic heterocycles. The monoisotopic (exact) mass is 1710 g/mol. The number of fused-ring (bicyclic) bond motifs is 12. The first-order valence-electron chi connectivity index (χ1n) is 44.3. The molecule has 0 saturated carbocycles. The second-order valence-electron chi connectivity index (χ2n) is 34.4. The molecule has 0 bridgehead atoms. The van der Waals surface area contributed by atoms with E-state index < -0.39 is 0 Å². The summed E-state index contributed by atoms with van der Waals surface area (Å²) in [5.74, 6) is 3.38.